The van der Waals surface area contributed by atoms with E-state index >= 15 is 0 Å². The molecule has 2 N–H and O–H groups in total. The molecule has 3 atom stereocenters. The van der Waals surface area contributed by atoms with Crippen LogP contribution in [0.2, 0.25) is 0 Å². The van der Waals surface area contributed by atoms with Crippen LogP contribution in [0.4, 0.5) is 0 Å². The number of phosphoric ester groups is 1. The molecule has 78 heavy (non-hydrogen) atoms. The van der Waals surface area contributed by atoms with E-state index in [1.807, 2.05) is 33.3 Å². The molecular formula is C68H126N2O7P+. The Labute approximate surface area is 483 Å². The summed E-state index contributed by atoms with van der Waals surface area (Å²) in [6.07, 6.45) is 74.6. The summed E-state index contributed by atoms with van der Waals surface area (Å²) in [5, 5.41) is 3.06. The first-order chi connectivity index (χ1) is 37.9. The zero-order chi connectivity index (χ0) is 57.2. The molecule has 0 aliphatic heterocycles. The van der Waals surface area contributed by atoms with Crippen molar-refractivity contribution in [3.63, 3.8) is 0 Å². The first-order valence-electron chi connectivity index (χ1n) is 32.8. The number of likely N-dealkylation sites (N-methyl/N-ethyl adjacent to an activating group) is 1. The third-order valence-electron chi connectivity index (χ3n) is 14.4. The van der Waals surface area contributed by atoms with Gasteiger partial charge in [0.1, 0.15) is 19.3 Å². The molecule has 10 heteroatoms. The highest BCUT2D eigenvalue weighted by atomic mass is 31.2. The van der Waals surface area contributed by atoms with Gasteiger partial charge in [-0.1, -0.05) is 255 Å². The Balaban J connectivity index is 5.21. The number of nitrogens with zero attached hydrogens (tertiary/aromatic N) is 1. The number of quaternary nitrogens is 1. The van der Waals surface area contributed by atoms with E-state index in [2.05, 4.69) is 86.8 Å². The number of unbranched alkanes of at least 4 members (excludes halogenated alkanes) is 33. The van der Waals surface area contributed by atoms with Gasteiger partial charge >= 0.3 is 13.8 Å². The fourth-order valence-electron chi connectivity index (χ4n) is 9.27. The number of hydrogen-bond acceptors (Lipinski definition) is 6. The normalized spacial score (nSPS) is 14.1. The first-order valence-corrected chi connectivity index (χ1v) is 34.3. The van der Waals surface area contributed by atoms with Crippen molar-refractivity contribution in [1.29, 1.82) is 0 Å². The lowest BCUT2D eigenvalue weighted by Crippen LogP contribution is -2.47. The quantitative estimate of drug-likeness (QED) is 0.0205. The molecule has 0 saturated heterocycles. The van der Waals surface area contributed by atoms with E-state index in [0.717, 1.165) is 89.9 Å². The topological polar surface area (TPSA) is 111 Å². The summed E-state index contributed by atoms with van der Waals surface area (Å²) in [5.74, 6) is -0.517. The molecule has 0 aliphatic carbocycles. The Morgan fingerprint density at radius 2 is 0.782 bits per heavy atom. The highest BCUT2D eigenvalue weighted by Crippen LogP contribution is 2.43. The summed E-state index contributed by atoms with van der Waals surface area (Å²) < 4.78 is 30.7. The molecule has 3 unspecified atom stereocenters. The fraction of sp³-hybridized carbons (Fsp3) is 0.794. The average Bonchev–Trinajstić information content (AvgIpc) is 3.40. The van der Waals surface area contributed by atoms with Crippen LogP contribution in [-0.2, 0) is 27.9 Å². The van der Waals surface area contributed by atoms with Crippen LogP contribution in [0.5, 0.6) is 0 Å². The van der Waals surface area contributed by atoms with Crippen LogP contribution in [0.15, 0.2) is 72.9 Å². The maximum absolute atomic E-state index is 13.6. The summed E-state index contributed by atoms with van der Waals surface area (Å²) in [7, 11) is 1.49. The van der Waals surface area contributed by atoms with Crippen LogP contribution < -0.4 is 5.32 Å². The molecule has 0 spiro atoms. The van der Waals surface area contributed by atoms with Gasteiger partial charge in [0, 0.05) is 12.8 Å². The summed E-state index contributed by atoms with van der Waals surface area (Å²) in [6.45, 7) is 6.97. The van der Waals surface area contributed by atoms with Crippen molar-refractivity contribution in [3.05, 3.63) is 72.9 Å². The molecule has 0 saturated carbocycles. The molecular weight excluding hydrogens is 988 g/mol. The molecule has 0 aromatic heterocycles. The number of ether oxygens (including phenoxy) is 1. The van der Waals surface area contributed by atoms with Crippen molar-refractivity contribution in [3.8, 4) is 0 Å². The second-order valence-electron chi connectivity index (χ2n) is 23.3. The predicted molar refractivity (Wildman–Crippen MR) is 337 cm³/mol. The van der Waals surface area contributed by atoms with Gasteiger partial charge in [-0.05, 0) is 102 Å². The summed E-state index contributed by atoms with van der Waals surface area (Å²) >= 11 is 0. The Bertz CT molecular complexity index is 1570. The molecule has 0 rings (SSSR count). The van der Waals surface area contributed by atoms with E-state index in [-0.39, 0.29) is 31.5 Å². The second-order valence-corrected chi connectivity index (χ2v) is 24.7. The van der Waals surface area contributed by atoms with Gasteiger partial charge in [-0.15, -0.1) is 0 Å². The molecule has 0 bridgehead atoms. The lowest BCUT2D eigenvalue weighted by Gasteiger charge is -2.27. The molecule has 0 aliphatic rings. The minimum atomic E-state index is -4.46. The van der Waals surface area contributed by atoms with Gasteiger partial charge in [0.05, 0.1) is 33.8 Å². The number of carbonyl (C=O) groups excluding carboxylic acids is 2. The summed E-state index contributed by atoms with van der Waals surface area (Å²) in [6, 6.07) is -0.857. The third kappa shape index (κ3) is 58.1. The number of phosphoric acid groups is 1. The van der Waals surface area contributed by atoms with Crippen molar-refractivity contribution < 1.29 is 37.3 Å². The van der Waals surface area contributed by atoms with Crippen molar-refractivity contribution in [1.82, 2.24) is 5.32 Å². The first kappa shape index (κ1) is 75.5. The van der Waals surface area contributed by atoms with Gasteiger partial charge in [-0.25, -0.2) is 4.57 Å². The summed E-state index contributed by atoms with van der Waals surface area (Å²) in [4.78, 5) is 37.8. The molecule has 0 heterocycles. The second kappa shape index (κ2) is 57.7. The Morgan fingerprint density at radius 3 is 1.19 bits per heavy atom. The smallest absolute Gasteiger partial charge is 0.456 e. The standard InChI is InChI=1S/C68H125N2O7P/c1-7-10-13-16-19-22-25-28-30-32-34-35-37-38-40-42-45-48-51-54-57-60-67(71)69-65(64-76-78(73,74)75-63-62-70(4,5)6)66(59-56-53-50-47-44-27-24-21-18-15-12-9-3)77-68(72)61-58-55-52-49-46-43-41-39-36-33-31-29-26-23-20-17-14-11-8-2/h19-20,22-23,28-31,36,39,56,59,65-66H,7-18,21,24-27,32-35,37-38,40-55,57-58,60-64H2,1-6H3,(H-,69,71,73,74)/p+1/b22-19-,23-20-,30-28-,31-29-,39-36-,59-56+. The SMILES string of the molecule is CCCCC/C=C\C/C=C\C/C=C\CCCCCCCCC(=O)OC(/C=C/CCCCCCCCCCCC)C(COP(=O)(O)OCC[N+](C)(C)C)NC(=O)CCCCCCCCCCCCC/C=C\C/C=C\CCCCC. The average molecular weight is 1110 g/mol. The fourth-order valence-corrected chi connectivity index (χ4v) is 10.0. The molecule has 454 valence electrons. The number of carbonyl (C=O) groups is 2. The maximum atomic E-state index is 13.6. The van der Waals surface area contributed by atoms with Gasteiger partial charge in [-0.2, -0.15) is 0 Å². The molecule has 1 amide bonds. The van der Waals surface area contributed by atoms with Gasteiger partial charge in [0.25, 0.3) is 0 Å². The molecule has 0 fully saturated rings. The lowest BCUT2D eigenvalue weighted by atomic mass is 10.0. The Kier molecular flexibility index (Phi) is 55.8. The van der Waals surface area contributed by atoms with Gasteiger partial charge in [-0.3, -0.25) is 18.6 Å². The lowest BCUT2D eigenvalue weighted by molar-refractivity contribution is -0.870. The van der Waals surface area contributed by atoms with E-state index in [4.69, 9.17) is 13.8 Å². The van der Waals surface area contributed by atoms with E-state index in [1.54, 1.807) is 0 Å². The Morgan fingerprint density at radius 1 is 0.449 bits per heavy atom. The highest BCUT2D eigenvalue weighted by molar-refractivity contribution is 7.47. The highest BCUT2D eigenvalue weighted by Gasteiger charge is 2.30. The Hall–Kier alpha value is -2.55. The van der Waals surface area contributed by atoms with E-state index in [0.29, 0.717) is 17.4 Å². The molecule has 0 aromatic carbocycles. The minimum absolute atomic E-state index is 0.0357. The number of esters is 1. The van der Waals surface area contributed by atoms with E-state index in [1.165, 1.54) is 173 Å². The van der Waals surface area contributed by atoms with Crippen molar-refractivity contribution >= 4 is 19.7 Å². The van der Waals surface area contributed by atoms with Crippen LogP contribution in [0.3, 0.4) is 0 Å². The number of hydrogen-bond donors (Lipinski definition) is 2. The van der Waals surface area contributed by atoms with E-state index in [9.17, 15) is 19.0 Å². The van der Waals surface area contributed by atoms with Crippen molar-refractivity contribution in [2.45, 2.75) is 309 Å². The molecule has 0 aromatic rings. The number of nitrogens with one attached hydrogen (secondary N) is 1. The maximum Gasteiger partial charge on any atom is 0.472 e. The van der Waals surface area contributed by atoms with Gasteiger partial charge < -0.3 is 19.4 Å². The predicted octanol–water partition coefficient (Wildman–Crippen LogP) is 20.4. The zero-order valence-corrected chi connectivity index (χ0v) is 52.8. The van der Waals surface area contributed by atoms with Crippen LogP contribution in [-0.4, -0.2) is 74.3 Å². The number of amides is 1. The number of allylic oxidation sites excluding steroid dienone is 11. The van der Waals surface area contributed by atoms with Crippen LogP contribution >= 0.6 is 7.82 Å². The molecule has 0 radical (unpaired) electrons. The van der Waals surface area contributed by atoms with E-state index < -0.39 is 20.0 Å². The zero-order valence-electron chi connectivity index (χ0n) is 51.9. The van der Waals surface area contributed by atoms with Crippen LogP contribution in [0.25, 0.3) is 0 Å². The molecule has 9 nitrogen and oxygen atoms in total. The largest absolute Gasteiger partial charge is 0.472 e. The van der Waals surface area contributed by atoms with Crippen molar-refractivity contribution in [2.75, 3.05) is 40.9 Å². The summed E-state index contributed by atoms with van der Waals surface area (Å²) in [5.41, 5.74) is 0. The monoisotopic (exact) mass is 1110 g/mol. The van der Waals surface area contributed by atoms with Crippen LogP contribution in [0, 0.1) is 0 Å². The third-order valence-corrected chi connectivity index (χ3v) is 15.4. The number of rotatable bonds is 59. The van der Waals surface area contributed by atoms with Crippen molar-refractivity contribution in [2.24, 2.45) is 0 Å². The van der Waals surface area contributed by atoms with Crippen LogP contribution in [0.1, 0.15) is 297 Å². The van der Waals surface area contributed by atoms with Gasteiger partial charge in [0.15, 0.2) is 0 Å². The minimum Gasteiger partial charge on any atom is -0.456 e. The van der Waals surface area contributed by atoms with Gasteiger partial charge in [0.2, 0.25) is 5.91 Å².